The fraction of sp³-hybridized carbons (Fsp3) is 0.0667. The van der Waals surface area contributed by atoms with Crippen molar-refractivity contribution in [2.75, 3.05) is 0 Å². The predicted octanol–water partition coefficient (Wildman–Crippen LogP) is 1.85. The summed E-state index contributed by atoms with van der Waals surface area (Å²) in [4.78, 5) is 0. The van der Waals surface area contributed by atoms with Crippen LogP contribution >= 0.6 is 0 Å². The topological polar surface area (TPSA) is 0 Å². The molecule has 1 aliphatic rings. The lowest BCUT2D eigenvalue weighted by Gasteiger charge is -2.07. The maximum absolute atomic E-state index is 2.22. The maximum Gasteiger partial charge on any atom is -0.00196 e. The maximum atomic E-state index is 2.22. The van der Waals surface area contributed by atoms with Crippen LogP contribution in [0.3, 0.4) is 0 Å². The van der Waals surface area contributed by atoms with Crippen LogP contribution in [0.5, 0.6) is 0 Å². The van der Waals surface area contributed by atoms with Gasteiger partial charge in [0.25, 0.3) is 0 Å². The Balaban J connectivity index is 2.00. The second-order valence-corrected chi connectivity index (χ2v) is 3.92. The van der Waals surface area contributed by atoms with E-state index in [1.54, 1.807) is 0 Å². The van der Waals surface area contributed by atoms with Gasteiger partial charge in [-0.25, -0.2) is 0 Å². The standard InChI is InChI=1S/C15H12/c1-2-5-12(6-3-1)11-14-8-4-7-13-9-10-15(13)14/h1-10H,11H2. The summed E-state index contributed by atoms with van der Waals surface area (Å²) in [5.41, 5.74) is 2.81. The van der Waals surface area contributed by atoms with E-state index in [1.165, 1.54) is 21.6 Å². The molecule has 0 saturated heterocycles. The van der Waals surface area contributed by atoms with Crippen LogP contribution in [0.15, 0.2) is 48.5 Å². The van der Waals surface area contributed by atoms with Gasteiger partial charge in [0.1, 0.15) is 0 Å². The summed E-state index contributed by atoms with van der Waals surface area (Å²) in [5.74, 6) is 0. The summed E-state index contributed by atoms with van der Waals surface area (Å²) in [5, 5.41) is 2.80. The Bertz CT molecular complexity index is 592. The molecule has 0 unspecified atom stereocenters. The highest BCUT2D eigenvalue weighted by atomic mass is 14.1. The minimum Gasteiger partial charge on any atom is -0.0622 e. The third kappa shape index (κ3) is 1.48. The fourth-order valence-electron chi connectivity index (χ4n) is 2.03. The normalized spacial score (nSPS) is 12.0. The van der Waals surface area contributed by atoms with Gasteiger partial charge in [0.2, 0.25) is 0 Å². The molecule has 0 N–H and O–H groups in total. The average Bonchev–Trinajstić information content (AvgIpc) is 2.22. The zero-order valence-electron chi connectivity index (χ0n) is 8.48. The monoisotopic (exact) mass is 192 g/mol. The van der Waals surface area contributed by atoms with Crippen molar-refractivity contribution in [1.29, 1.82) is 0 Å². The van der Waals surface area contributed by atoms with E-state index < -0.39 is 0 Å². The summed E-state index contributed by atoms with van der Waals surface area (Å²) in [6, 6.07) is 17.1. The summed E-state index contributed by atoms with van der Waals surface area (Å²) >= 11 is 0. The summed E-state index contributed by atoms with van der Waals surface area (Å²) in [6.07, 6.45) is 5.41. The molecule has 0 aromatic heterocycles. The molecule has 15 heavy (non-hydrogen) atoms. The van der Waals surface area contributed by atoms with Crippen molar-refractivity contribution in [3.05, 3.63) is 70.1 Å². The van der Waals surface area contributed by atoms with Crippen LogP contribution in [0.1, 0.15) is 11.1 Å². The fourth-order valence-corrected chi connectivity index (χ4v) is 2.03. The zero-order valence-corrected chi connectivity index (χ0v) is 8.48. The highest BCUT2D eigenvalue weighted by Gasteiger charge is 2.01. The van der Waals surface area contributed by atoms with Crippen molar-refractivity contribution in [3.63, 3.8) is 0 Å². The van der Waals surface area contributed by atoms with Gasteiger partial charge in [0.15, 0.2) is 0 Å². The molecule has 0 atom stereocenters. The van der Waals surface area contributed by atoms with Crippen LogP contribution in [0.25, 0.3) is 12.2 Å². The van der Waals surface area contributed by atoms with E-state index in [2.05, 4.69) is 60.7 Å². The van der Waals surface area contributed by atoms with Gasteiger partial charge in [-0.15, -0.1) is 0 Å². The van der Waals surface area contributed by atoms with Gasteiger partial charge in [0.05, 0.1) is 0 Å². The summed E-state index contributed by atoms with van der Waals surface area (Å²) in [7, 11) is 0. The van der Waals surface area contributed by atoms with Gasteiger partial charge in [-0.1, -0.05) is 60.7 Å². The van der Waals surface area contributed by atoms with E-state index in [-0.39, 0.29) is 0 Å². The quantitative estimate of drug-likeness (QED) is 0.681. The molecule has 0 aliphatic heterocycles. The van der Waals surface area contributed by atoms with Crippen molar-refractivity contribution in [3.8, 4) is 0 Å². The largest absolute Gasteiger partial charge is 0.0622 e. The SMILES string of the molecule is C1=c2cccc(Cc3ccccc3)c2=C1. The Morgan fingerprint density at radius 2 is 1.60 bits per heavy atom. The lowest BCUT2D eigenvalue weighted by Crippen LogP contribution is -2.33. The zero-order chi connectivity index (χ0) is 10.1. The van der Waals surface area contributed by atoms with Crippen LogP contribution < -0.4 is 10.4 Å². The molecule has 2 aromatic rings. The minimum atomic E-state index is 1.04. The molecule has 0 radical (unpaired) electrons. The molecule has 0 heteroatoms. The molecule has 0 heterocycles. The smallest absolute Gasteiger partial charge is 0.00196 e. The lowest BCUT2D eigenvalue weighted by atomic mass is 9.98. The number of fused-ring (bicyclic) bond motifs is 1. The first-order chi connectivity index (χ1) is 7.43. The molecular weight excluding hydrogens is 180 g/mol. The van der Waals surface area contributed by atoms with Gasteiger partial charge >= 0.3 is 0 Å². The van der Waals surface area contributed by atoms with E-state index in [0.29, 0.717) is 0 Å². The number of rotatable bonds is 2. The molecule has 2 aromatic carbocycles. The van der Waals surface area contributed by atoms with E-state index >= 15 is 0 Å². The van der Waals surface area contributed by atoms with Crippen LogP contribution in [-0.2, 0) is 6.42 Å². The number of hydrogen-bond donors (Lipinski definition) is 0. The van der Waals surface area contributed by atoms with E-state index in [0.717, 1.165) is 6.42 Å². The van der Waals surface area contributed by atoms with Crippen LogP contribution in [0, 0.1) is 0 Å². The third-order valence-corrected chi connectivity index (χ3v) is 2.90. The first kappa shape index (κ1) is 8.49. The molecule has 1 aliphatic carbocycles. The van der Waals surface area contributed by atoms with Gasteiger partial charge < -0.3 is 0 Å². The summed E-state index contributed by atoms with van der Waals surface area (Å²) < 4.78 is 0. The van der Waals surface area contributed by atoms with Crippen molar-refractivity contribution >= 4 is 12.2 Å². The Hall–Kier alpha value is -1.82. The van der Waals surface area contributed by atoms with E-state index in [4.69, 9.17) is 0 Å². The van der Waals surface area contributed by atoms with Crippen molar-refractivity contribution in [2.45, 2.75) is 6.42 Å². The molecule has 0 spiro atoms. The molecule has 0 fully saturated rings. The Labute approximate surface area is 89.2 Å². The second-order valence-electron chi connectivity index (χ2n) is 3.92. The van der Waals surface area contributed by atoms with Gasteiger partial charge in [-0.05, 0) is 28.0 Å². The Morgan fingerprint density at radius 1 is 0.733 bits per heavy atom. The van der Waals surface area contributed by atoms with E-state index in [9.17, 15) is 0 Å². The molecule has 0 amide bonds. The predicted molar refractivity (Wildman–Crippen MR) is 63.9 cm³/mol. The minimum absolute atomic E-state index is 1.04. The van der Waals surface area contributed by atoms with Crippen molar-refractivity contribution in [1.82, 2.24) is 0 Å². The first-order valence-electron chi connectivity index (χ1n) is 5.27. The first-order valence-corrected chi connectivity index (χ1v) is 5.27. The number of benzene rings is 2. The molecule has 0 nitrogen and oxygen atoms in total. The van der Waals surface area contributed by atoms with Gasteiger partial charge in [-0.2, -0.15) is 0 Å². The lowest BCUT2D eigenvalue weighted by molar-refractivity contribution is 1.16. The Morgan fingerprint density at radius 3 is 2.33 bits per heavy atom. The van der Waals surface area contributed by atoms with Crippen molar-refractivity contribution in [2.24, 2.45) is 0 Å². The molecular formula is C15H12. The summed E-state index contributed by atoms with van der Waals surface area (Å²) in [6.45, 7) is 0. The van der Waals surface area contributed by atoms with Crippen LogP contribution in [-0.4, -0.2) is 0 Å². The van der Waals surface area contributed by atoms with Gasteiger partial charge in [-0.3, -0.25) is 0 Å². The third-order valence-electron chi connectivity index (χ3n) is 2.90. The highest BCUT2D eigenvalue weighted by Crippen LogP contribution is 2.05. The number of hydrogen-bond acceptors (Lipinski definition) is 0. The molecule has 0 saturated carbocycles. The Kier molecular flexibility index (Phi) is 1.92. The molecule has 0 bridgehead atoms. The van der Waals surface area contributed by atoms with Crippen LogP contribution in [0.2, 0.25) is 0 Å². The second kappa shape index (κ2) is 3.39. The highest BCUT2D eigenvalue weighted by molar-refractivity contribution is 5.69. The average molecular weight is 192 g/mol. The van der Waals surface area contributed by atoms with Crippen LogP contribution in [0.4, 0.5) is 0 Å². The van der Waals surface area contributed by atoms with Gasteiger partial charge in [0, 0.05) is 0 Å². The van der Waals surface area contributed by atoms with E-state index in [1.807, 2.05) is 0 Å². The van der Waals surface area contributed by atoms with Crippen molar-refractivity contribution < 1.29 is 0 Å². The molecule has 72 valence electrons. The molecule has 3 rings (SSSR count).